The van der Waals surface area contributed by atoms with Crippen molar-refractivity contribution < 1.29 is 28.8 Å². The van der Waals surface area contributed by atoms with E-state index in [4.69, 9.17) is 18.9 Å². The minimum atomic E-state index is -0.899. The van der Waals surface area contributed by atoms with Crippen LogP contribution in [0, 0.1) is 0 Å². The van der Waals surface area contributed by atoms with E-state index >= 15 is 0 Å². The van der Waals surface area contributed by atoms with Gasteiger partial charge in [-0.15, -0.1) is 11.3 Å². The molecule has 1 N–H and O–H groups in total. The number of thiophene rings is 1. The lowest BCUT2D eigenvalue weighted by Gasteiger charge is -2.24. The number of carbonyl (C=O) groups is 1. The molecule has 6 nitrogen and oxygen atoms in total. The topological polar surface area (TPSA) is 74.2 Å². The maximum atomic E-state index is 12.5. The van der Waals surface area contributed by atoms with Crippen molar-refractivity contribution in [2.45, 2.75) is 38.6 Å². The maximum absolute atomic E-state index is 12.5. The van der Waals surface area contributed by atoms with Crippen LogP contribution in [0.25, 0.3) is 20.9 Å². The number of carbonyl (C=O) groups excluding carboxylic acids is 1. The van der Waals surface area contributed by atoms with Gasteiger partial charge in [-0.2, -0.15) is 0 Å². The van der Waals surface area contributed by atoms with Crippen molar-refractivity contribution in [3.8, 4) is 32.4 Å². The van der Waals surface area contributed by atoms with Gasteiger partial charge in [0.2, 0.25) is 0 Å². The summed E-state index contributed by atoms with van der Waals surface area (Å²) >= 11 is 1.36. The lowest BCUT2D eigenvalue weighted by Crippen LogP contribution is -2.30. The van der Waals surface area contributed by atoms with Crippen LogP contribution in [0.3, 0.4) is 0 Å². The van der Waals surface area contributed by atoms with Crippen LogP contribution in [-0.2, 0) is 14.2 Å². The Morgan fingerprint density at radius 1 is 1.03 bits per heavy atom. The van der Waals surface area contributed by atoms with Crippen LogP contribution in [0.4, 0.5) is 4.79 Å². The molecule has 0 radical (unpaired) electrons. The van der Waals surface area contributed by atoms with E-state index in [0.717, 1.165) is 24.0 Å². The van der Waals surface area contributed by atoms with Crippen molar-refractivity contribution in [2.75, 3.05) is 13.2 Å². The molecule has 168 valence electrons. The van der Waals surface area contributed by atoms with E-state index in [1.807, 2.05) is 74.5 Å². The van der Waals surface area contributed by atoms with E-state index < -0.39 is 11.9 Å². The summed E-state index contributed by atoms with van der Waals surface area (Å²) in [6.07, 6.45) is 0.183. The van der Waals surface area contributed by atoms with Crippen molar-refractivity contribution in [2.24, 2.45) is 0 Å². The first-order valence-corrected chi connectivity index (χ1v) is 11.5. The normalized spacial score (nSPS) is 17.2. The van der Waals surface area contributed by atoms with Crippen molar-refractivity contribution in [1.82, 2.24) is 0 Å². The molecule has 1 aromatic heterocycles. The zero-order chi connectivity index (χ0) is 22.6. The first-order valence-electron chi connectivity index (χ1n) is 10.7. The average Bonchev–Trinajstić information content (AvgIpc) is 3.41. The second-order valence-corrected chi connectivity index (χ2v) is 8.52. The Hall–Kier alpha value is -2.87. The molecule has 0 spiro atoms. The number of ether oxygens (including phenoxy) is 4. The summed E-state index contributed by atoms with van der Waals surface area (Å²) in [5.74, 6) is -0.618. The fourth-order valence-electron chi connectivity index (χ4n) is 3.66. The van der Waals surface area contributed by atoms with Crippen LogP contribution in [0.2, 0.25) is 0 Å². The molecule has 1 atom stereocenters. The Labute approximate surface area is 191 Å². The minimum absolute atomic E-state index is 0.0116. The van der Waals surface area contributed by atoms with Gasteiger partial charge in [0.05, 0.1) is 16.4 Å². The molecular weight excluding hydrogens is 428 g/mol. The van der Waals surface area contributed by atoms with Crippen molar-refractivity contribution in [1.29, 1.82) is 0 Å². The fraction of sp³-hybridized carbons (Fsp3) is 0.320. The number of hydrogen-bond acceptors (Lipinski definition) is 7. The van der Waals surface area contributed by atoms with Gasteiger partial charge in [-0.05, 0) is 24.0 Å². The summed E-state index contributed by atoms with van der Waals surface area (Å²) in [4.78, 5) is 13.8. The Kier molecular flexibility index (Phi) is 6.79. The van der Waals surface area contributed by atoms with E-state index in [-0.39, 0.29) is 24.2 Å². The Balaban J connectivity index is 1.52. The molecule has 1 fully saturated rings. The third-order valence-electron chi connectivity index (χ3n) is 5.48. The highest BCUT2D eigenvalue weighted by atomic mass is 32.1. The summed E-state index contributed by atoms with van der Waals surface area (Å²) in [7, 11) is 0. The van der Waals surface area contributed by atoms with Crippen LogP contribution in [0.15, 0.2) is 60.7 Å². The van der Waals surface area contributed by atoms with Gasteiger partial charge < -0.3 is 24.1 Å². The standard InChI is InChI=1S/C25H26O6S/c1-3-25(4-2)29-16-19(31-25)15-28-24(27)30-21-20(26)22(17-11-7-5-8-12-17)32-23(21)18-13-9-6-10-14-18/h5-14,19,26H,3-4,15-16H2,1-2H3. The summed E-state index contributed by atoms with van der Waals surface area (Å²) in [5, 5.41) is 10.9. The summed E-state index contributed by atoms with van der Waals surface area (Å²) in [6, 6.07) is 19.0. The number of rotatable bonds is 7. The van der Waals surface area contributed by atoms with Gasteiger partial charge >= 0.3 is 6.16 Å². The quantitative estimate of drug-likeness (QED) is 0.426. The number of benzene rings is 2. The first kappa shape index (κ1) is 22.3. The van der Waals surface area contributed by atoms with E-state index in [0.29, 0.717) is 16.4 Å². The van der Waals surface area contributed by atoms with Gasteiger partial charge in [-0.25, -0.2) is 4.79 Å². The molecule has 2 aromatic carbocycles. The highest BCUT2D eigenvalue weighted by Gasteiger charge is 2.39. The van der Waals surface area contributed by atoms with Crippen LogP contribution in [0.1, 0.15) is 26.7 Å². The molecular formula is C25H26O6S. The summed E-state index contributed by atoms with van der Waals surface area (Å²) < 4.78 is 22.5. The van der Waals surface area contributed by atoms with Crippen molar-refractivity contribution in [3.63, 3.8) is 0 Å². The number of hydrogen-bond donors (Lipinski definition) is 1. The largest absolute Gasteiger partial charge is 0.514 e. The van der Waals surface area contributed by atoms with Gasteiger partial charge in [0, 0.05) is 0 Å². The Morgan fingerprint density at radius 2 is 1.62 bits per heavy atom. The molecule has 0 amide bonds. The monoisotopic (exact) mass is 454 g/mol. The molecule has 1 aliphatic heterocycles. The van der Waals surface area contributed by atoms with Crippen LogP contribution < -0.4 is 4.74 Å². The predicted molar refractivity (Wildman–Crippen MR) is 123 cm³/mol. The van der Waals surface area contributed by atoms with Crippen LogP contribution in [-0.4, -0.2) is 36.4 Å². The molecule has 4 rings (SSSR count). The highest BCUT2D eigenvalue weighted by molar-refractivity contribution is 7.19. The Morgan fingerprint density at radius 3 is 2.19 bits per heavy atom. The predicted octanol–water partition coefficient (Wildman–Crippen LogP) is 6.23. The van der Waals surface area contributed by atoms with Gasteiger partial charge in [0.1, 0.15) is 12.7 Å². The molecule has 1 aliphatic rings. The van der Waals surface area contributed by atoms with E-state index in [2.05, 4.69) is 0 Å². The van der Waals surface area contributed by atoms with Gasteiger partial charge in [0.15, 0.2) is 17.3 Å². The fourth-order valence-corrected chi connectivity index (χ4v) is 4.79. The van der Waals surface area contributed by atoms with Crippen LogP contribution >= 0.6 is 11.3 Å². The lowest BCUT2D eigenvalue weighted by molar-refractivity contribution is -0.175. The molecule has 3 aromatic rings. The molecule has 2 heterocycles. The van der Waals surface area contributed by atoms with E-state index in [1.54, 1.807) is 0 Å². The summed E-state index contributed by atoms with van der Waals surface area (Å²) in [6.45, 7) is 4.36. The molecule has 1 saturated heterocycles. The molecule has 0 aliphatic carbocycles. The molecule has 32 heavy (non-hydrogen) atoms. The molecule has 7 heteroatoms. The van der Waals surface area contributed by atoms with Crippen molar-refractivity contribution in [3.05, 3.63) is 60.7 Å². The molecule has 0 bridgehead atoms. The van der Waals surface area contributed by atoms with Gasteiger partial charge in [-0.3, -0.25) is 0 Å². The van der Waals surface area contributed by atoms with E-state index in [1.165, 1.54) is 11.3 Å². The zero-order valence-corrected chi connectivity index (χ0v) is 18.9. The van der Waals surface area contributed by atoms with Gasteiger partial charge in [0.25, 0.3) is 0 Å². The summed E-state index contributed by atoms with van der Waals surface area (Å²) in [5.41, 5.74) is 1.67. The average molecular weight is 455 g/mol. The SMILES string of the molecule is CCC1(CC)OCC(COC(=O)Oc2c(-c3ccccc3)sc(-c3ccccc3)c2O)O1. The first-order chi connectivity index (χ1) is 15.5. The van der Waals surface area contributed by atoms with E-state index in [9.17, 15) is 9.90 Å². The Bertz CT molecular complexity index is 1040. The molecule has 0 saturated carbocycles. The third-order valence-corrected chi connectivity index (χ3v) is 6.73. The molecule has 1 unspecified atom stereocenters. The zero-order valence-electron chi connectivity index (χ0n) is 18.1. The minimum Gasteiger partial charge on any atom is -0.503 e. The smallest absolute Gasteiger partial charge is 0.503 e. The second kappa shape index (κ2) is 9.73. The van der Waals surface area contributed by atoms with Gasteiger partial charge in [-0.1, -0.05) is 74.5 Å². The second-order valence-electron chi connectivity index (χ2n) is 7.50. The lowest BCUT2D eigenvalue weighted by atomic mass is 10.1. The van der Waals surface area contributed by atoms with Crippen molar-refractivity contribution >= 4 is 17.5 Å². The highest BCUT2D eigenvalue weighted by Crippen LogP contribution is 2.51. The third kappa shape index (κ3) is 4.65. The van der Waals surface area contributed by atoms with Crippen LogP contribution in [0.5, 0.6) is 11.5 Å². The maximum Gasteiger partial charge on any atom is 0.514 e. The number of aromatic hydroxyl groups is 1.